The maximum Gasteiger partial charge on any atom is 0.335 e. The minimum Gasteiger partial charge on any atom is -0.478 e. The van der Waals surface area contributed by atoms with E-state index in [9.17, 15) is 23.1 Å². The molecule has 0 aliphatic carbocycles. The second kappa shape index (κ2) is 6.81. The van der Waals surface area contributed by atoms with Gasteiger partial charge in [-0.05, 0) is 66.8 Å². The van der Waals surface area contributed by atoms with Gasteiger partial charge >= 0.3 is 5.97 Å². The van der Waals surface area contributed by atoms with E-state index in [4.69, 9.17) is 0 Å². The number of carboxylic acids is 1. The molecule has 1 N–H and O–H groups in total. The Hall–Kier alpha value is -2.67. The molecule has 3 rings (SSSR count). The molecule has 1 aliphatic heterocycles. The number of aryl methyl sites for hydroxylation is 1. The number of sulfone groups is 1. The molecule has 0 aromatic heterocycles. The topological polar surface area (TPSA) is 91.8 Å². The third-order valence-corrected chi connectivity index (χ3v) is 6.14. The fraction of sp³-hybridized carbons (Fsp3) is 0.300. The third kappa shape index (κ3) is 3.73. The van der Waals surface area contributed by atoms with Gasteiger partial charge in [0.25, 0.3) is 5.91 Å². The minimum absolute atomic E-state index is 0.125. The molecule has 0 radical (unpaired) electrons. The number of aromatic carboxylic acids is 1. The number of nitrogens with zero attached hydrogens (tertiary/aromatic N) is 1. The van der Waals surface area contributed by atoms with Crippen molar-refractivity contribution in [3.63, 3.8) is 0 Å². The Morgan fingerprint density at radius 2 is 1.78 bits per heavy atom. The first-order chi connectivity index (χ1) is 12.6. The van der Waals surface area contributed by atoms with Crippen LogP contribution in [0.1, 0.15) is 43.0 Å². The summed E-state index contributed by atoms with van der Waals surface area (Å²) in [6.07, 6.45) is 1.75. The zero-order valence-electron chi connectivity index (χ0n) is 15.4. The number of hydrogen-bond acceptors (Lipinski definition) is 4. The highest BCUT2D eigenvalue weighted by Gasteiger charge is 2.25. The van der Waals surface area contributed by atoms with Gasteiger partial charge in [0.1, 0.15) is 0 Å². The molecule has 7 heteroatoms. The second-order valence-electron chi connectivity index (χ2n) is 6.95. The molecular weight excluding hydrogens is 366 g/mol. The van der Waals surface area contributed by atoms with Crippen molar-refractivity contribution >= 4 is 21.7 Å². The van der Waals surface area contributed by atoms with Crippen molar-refractivity contribution in [1.29, 1.82) is 0 Å². The predicted molar refractivity (Wildman–Crippen MR) is 101 cm³/mol. The molecular formula is C20H21NO5S. The molecule has 2 aromatic carbocycles. The largest absolute Gasteiger partial charge is 0.478 e. The van der Waals surface area contributed by atoms with Crippen LogP contribution in [0.25, 0.3) is 0 Å². The monoisotopic (exact) mass is 387 g/mol. The van der Waals surface area contributed by atoms with E-state index in [1.165, 1.54) is 6.07 Å². The van der Waals surface area contributed by atoms with E-state index < -0.39 is 15.8 Å². The van der Waals surface area contributed by atoms with Crippen LogP contribution in [0.4, 0.5) is 0 Å². The minimum atomic E-state index is -3.43. The molecule has 0 bridgehead atoms. The van der Waals surface area contributed by atoms with Crippen LogP contribution < -0.4 is 0 Å². The summed E-state index contributed by atoms with van der Waals surface area (Å²) >= 11 is 0. The highest BCUT2D eigenvalue weighted by molar-refractivity contribution is 7.90. The summed E-state index contributed by atoms with van der Waals surface area (Å²) in [6, 6.07) is 7.97. The molecule has 0 atom stereocenters. The zero-order chi connectivity index (χ0) is 19.9. The molecule has 1 heterocycles. The van der Waals surface area contributed by atoms with Gasteiger partial charge in [-0.2, -0.15) is 0 Å². The summed E-state index contributed by atoms with van der Waals surface area (Å²) in [6.45, 7) is 4.39. The molecule has 142 valence electrons. The number of amides is 1. The van der Waals surface area contributed by atoms with E-state index in [-0.39, 0.29) is 16.4 Å². The first-order valence-electron chi connectivity index (χ1n) is 8.53. The van der Waals surface area contributed by atoms with E-state index in [1.54, 1.807) is 43.0 Å². The van der Waals surface area contributed by atoms with Crippen LogP contribution in [-0.2, 0) is 22.8 Å². The fourth-order valence-electron chi connectivity index (χ4n) is 3.30. The van der Waals surface area contributed by atoms with Gasteiger partial charge < -0.3 is 10.0 Å². The van der Waals surface area contributed by atoms with E-state index in [1.807, 2.05) is 0 Å². The Kier molecular flexibility index (Phi) is 4.82. The second-order valence-corrected chi connectivity index (χ2v) is 8.97. The Morgan fingerprint density at radius 1 is 1.07 bits per heavy atom. The van der Waals surface area contributed by atoms with Crippen molar-refractivity contribution in [3.8, 4) is 0 Å². The smallest absolute Gasteiger partial charge is 0.335 e. The summed E-state index contributed by atoms with van der Waals surface area (Å²) in [5.74, 6) is -1.25. The molecule has 27 heavy (non-hydrogen) atoms. The van der Waals surface area contributed by atoms with Gasteiger partial charge in [0.2, 0.25) is 0 Å². The lowest BCUT2D eigenvalue weighted by Crippen LogP contribution is -2.36. The Bertz CT molecular complexity index is 1060. The van der Waals surface area contributed by atoms with Crippen LogP contribution >= 0.6 is 0 Å². The van der Waals surface area contributed by atoms with Gasteiger partial charge in [-0.25, -0.2) is 13.2 Å². The van der Waals surface area contributed by atoms with Gasteiger partial charge in [0.05, 0.1) is 10.5 Å². The molecule has 0 saturated heterocycles. The molecule has 0 saturated carbocycles. The number of carbonyl (C=O) groups is 2. The first kappa shape index (κ1) is 19.1. The van der Waals surface area contributed by atoms with E-state index in [0.29, 0.717) is 25.1 Å². The lowest BCUT2D eigenvalue weighted by Gasteiger charge is -2.30. The molecule has 1 aliphatic rings. The van der Waals surface area contributed by atoms with Crippen LogP contribution in [0.15, 0.2) is 35.2 Å². The summed E-state index contributed by atoms with van der Waals surface area (Å²) < 4.78 is 23.9. The van der Waals surface area contributed by atoms with Crippen molar-refractivity contribution in [1.82, 2.24) is 4.90 Å². The van der Waals surface area contributed by atoms with Crippen LogP contribution in [0.5, 0.6) is 0 Å². The summed E-state index contributed by atoms with van der Waals surface area (Å²) in [5.41, 5.74) is 3.89. The van der Waals surface area contributed by atoms with Gasteiger partial charge in [0, 0.05) is 24.9 Å². The van der Waals surface area contributed by atoms with Gasteiger partial charge in [-0.15, -0.1) is 0 Å². The van der Waals surface area contributed by atoms with Crippen LogP contribution in [-0.4, -0.2) is 43.1 Å². The van der Waals surface area contributed by atoms with Crippen LogP contribution in [0, 0.1) is 13.8 Å². The molecule has 0 fully saturated rings. The molecule has 0 unspecified atom stereocenters. The van der Waals surface area contributed by atoms with Crippen molar-refractivity contribution in [2.24, 2.45) is 0 Å². The maximum atomic E-state index is 13.1. The number of hydrogen-bond donors (Lipinski definition) is 1. The average molecular weight is 387 g/mol. The number of carboxylic acid groups (broad SMARTS) is 1. The predicted octanol–water partition coefficient (Wildman–Crippen LogP) is 2.60. The highest BCUT2D eigenvalue weighted by atomic mass is 32.2. The van der Waals surface area contributed by atoms with Crippen LogP contribution in [0.2, 0.25) is 0 Å². The van der Waals surface area contributed by atoms with Gasteiger partial charge in [-0.1, -0.05) is 6.07 Å². The maximum absolute atomic E-state index is 13.1. The Balaban J connectivity index is 1.97. The normalized spacial score (nSPS) is 14.0. The summed E-state index contributed by atoms with van der Waals surface area (Å²) in [7, 11) is -3.43. The number of fused-ring (bicyclic) bond motifs is 1. The summed E-state index contributed by atoms with van der Waals surface area (Å²) in [5, 5.41) is 9.18. The molecule has 2 aromatic rings. The number of benzene rings is 2. The zero-order valence-corrected chi connectivity index (χ0v) is 16.3. The lowest BCUT2D eigenvalue weighted by atomic mass is 9.96. The molecule has 6 nitrogen and oxygen atoms in total. The summed E-state index contributed by atoms with van der Waals surface area (Å²) in [4.78, 5) is 26.1. The average Bonchev–Trinajstić information content (AvgIpc) is 2.61. The van der Waals surface area contributed by atoms with E-state index in [0.717, 1.165) is 28.5 Å². The lowest BCUT2D eigenvalue weighted by molar-refractivity contribution is 0.0696. The van der Waals surface area contributed by atoms with E-state index >= 15 is 0 Å². The number of carbonyl (C=O) groups excluding carboxylic acids is 1. The highest BCUT2D eigenvalue weighted by Crippen LogP contribution is 2.25. The molecule has 0 spiro atoms. The third-order valence-electron chi connectivity index (χ3n) is 5.05. The molecule has 1 amide bonds. The van der Waals surface area contributed by atoms with Crippen molar-refractivity contribution in [2.45, 2.75) is 31.7 Å². The van der Waals surface area contributed by atoms with Gasteiger partial charge in [0.15, 0.2) is 9.84 Å². The quantitative estimate of drug-likeness (QED) is 0.874. The van der Waals surface area contributed by atoms with Crippen molar-refractivity contribution in [3.05, 3.63) is 63.7 Å². The van der Waals surface area contributed by atoms with Crippen molar-refractivity contribution < 1.29 is 23.1 Å². The standard InChI is InChI=1S/C20H21NO5S/c1-12-8-17(27(3,25)26)10-18(13(12)2)19(22)21-7-6-14-4-5-15(20(23)24)9-16(14)11-21/h4-5,8-10H,6-7,11H2,1-3H3,(H,23,24). The Labute approximate surface area is 158 Å². The van der Waals surface area contributed by atoms with Gasteiger partial charge in [-0.3, -0.25) is 4.79 Å². The Morgan fingerprint density at radius 3 is 2.41 bits per heavy atom. The SMILES string of the molecule is Cc1cc(S(C)(=O)=O)cc(C(=O)N2CCc3ccc(C(=O)O)cc3C2)c1C. The number of rotatable bonds is 3. The fourth-order valence-corrected chi connectivity index (χ4v) is 4.02. The van der Waals surface area contributed by atoms with E-state index in [2.05, 4.69) is 0 Å². The van der Waals surface area contributed by atoms with Crippen molar-refractivity contribution in [2.75, 3.05) is 12.8 Å². The first-order valence-corrected chi connectivity index (χ1v) is 10.4. The van der Waals surface area contributed by atoms with Crippen LogP contribution in [0.3, 0.4) is 0 Å².